The number of halogens is 10. The van der Waals surface area contributed by atoms with E-state index in [4.69, 9.17) is 16.3 Å². The van der Waals surface area contributed by atoms with Gasteiger partial charge >= 0.3 is 48.7 Å². The first-order valence-corrected chi connectivity index (χ1v) is 32.3. The number of aryl methyl sites for hydroxylation is 2. The molecule has 530 valence electrons. The van der Waals surface area contributed by atoms with Gasteiger partial charge in [0.2, 0.25) is 0 Å². The van der Waals surface area contributed by atoms with Crippen molar-refractivity contribution in [3.8, 4) is 0 Å². The molecule has 30 heteroatoms. The molecule has 7 heterocycles. The second-order valence-corrected chi connectivity index (χ2v) is 25.6. The number of anilines is 3. The number of carboxylic acid groups (broad SMARTS) is 2. The van der Waals surface area contributed by atoms with Gasteiger partial charge in [-0.25, -0.2) is 14.4 Å². The van der Waals surface area contributed by atoms with Crippen LogP contribution in [0, 0.1) is 25.7 Å². The molecule has 7 aliphatic heterocycles. The third kappa shape index (κ3) is 20.9. The minimum atomic E-state index is -4.57. The Morgan fingerprint density at radius 1 is 0.484 bits per heavy atom. The van der Waals surface area contributed by atoms with Crippen LogP contribution < -0.4 is 14.7 Å². The molecule has 0 saturated carbocycles. The van der Waals surface area contributed by atoms with Crippen molar-refractivity contribution in [1.29, 1.82) is 0 Å². The summed E-state index contributed by atoms with van der Waals surface area (Å²) in [4.78, 5) is 75.8. The Hall–Kier alpha value is -6.69. The van der Waals surface area contributed by atoms with E-state index in [-0.39, 0.29) is 25.5 Å². The van der Waals surface area contributed by atoms with Gasteiger partial charge in [0, 0.05) is 146 Å². The van der Waals surface area contributed by atoms with Crippen molar-refractivity contribution in [2.24, 2.45) is 11.8 Å². The number of carbonyl (C=O) groups is 5. The number of piperazine rings is 3. The number of ether oxygens (including phenoxy) is 4. The molecule has 5 unspecified atom stereocenters. The van der Waals surface area contributed by atoms with Gasteiger partial charge in [-0.1, -0.05) is 49.4 Å². The highest BCUT2D eigenvalue weighted by Gasteiger charge is 2.44. The Morgan fingerprint density at radius 3 is 1.09 bits per heavy atom. The molecule has 20 nitrogen and oxygen atoms in total. The zero-order valence-corrected chi connectivity index (χ0v) is 54.3. The lowest BCUT2D eigenvalue weighted by Crippen LogP contribution is -2.49. The summed E-state index contributed by atoms with van der Waals surface area (Å²) >= 11 is 6.26. The van der Waals surface area contributed by atoms with Gasteiger partial charge in [0.05, 0.1) is 24.5 Å². The van der Waals surface area contributed by atoms with Crippen LogP contribution in [0.25, 0.3) is 0 Å². The number of fused-ring (bicyclic) bond motifs is 2. The number of piperidine rings is 2. The molecule has 3 aromatic rings. The van der Waals surface area contributed by atoms with Gasteiger partial charge in [0.1, 0.15) is 6.23 Å². The number of carbonyl (C=O) groups excluding carboxylic acids is 3. The molecule has 7 aliphatic rings. The maximum Gasteiger partial charge on any atom is 0.425 e. The van der Waals surface area contributed by atoms with E-state index >= 15 is 0 Å². The summed E-state index contributed by atoms with van der Waals surface area (Å²) in [5.41, 5.74) is 8.87. The van der Waals surface area contributed by atoms with Crippen LogP contribution in [-0.2, 0) is 48.2 Å². The lowest BCUT2D eigenvalue weighted by molar-refractivity contribution is -0.200. The molecule has 5 atom stereocenters. The summed E-state index contributed by atoms with van der Waals surface area (Å²) in [6.45, 7) is 17.1. The molecule has 10 rings (SSSR count). The third-order valence-corrected chi connectivity index (χ3v) is 18.6. The third-order valence-electron chi connectivity index (χ3n) is 18.4. The number of aliphatic carboxylic acids is 2. The fraction of sp³-hybridized carbons (Fsp3) is 0.646. The second-order valence-electron chi connectivity index (χ2n) is 25.2. The summed E-state index contributed by atoms with van der Waals surface area (Å²) in [6, 6.07) is 18.7. The van der Waals surface area contributed by atoms with Crippen molar-refractivity contribution in [2.45, 2.75) is 149 Å². The number of benzene rings is 3. The highest BCUT2D eigenvalue weighted by Crippen LogP contribution is 2.40. The number of rotatable bonds is 14. The highest BCUT2D eigenvalue weighted by molar-refractivity contribution is 6.30. The summed E-state index contributed by atoms with van der Waals surface area (Å²) < 4.78 is 133. The van der Waals surface area contributed by atoms with Crippen molar-refractivity contribution in [3.05, 3.63) is 87.4 Å². The normalized spacial score (nSPS) is 21.3. The number of hydrogen-bond donors (Lipinski definition) is 2. The van der Waals surface area contributed by atoms with E-state index in [2.05, 4.69) is 67.9 Å². The lowest BCUT2D eigenvalue weighted by atomic mass is 9.95. The number of amides is 3. The summed E-state index contributed by atoms with van der Waals surface area (Å²) in [5, 5.41) is 19.2. The van der Waals surface area contributed by atoms with E-state index in [1.165, 1.54) is 14.7 Å². The largest absolute Gasteiger partial charge is 0.481 e. The summed E-state index contributed by atoms with van der Waals surface area (Å²) in [7, 11) is 0. The van der Waals surface area contributed by atoms with Crippen LogP contribution >= 0.6 is 11.6 Å². The maximum atomic E-state index is 12.6. The monoisotopic (exact) mass is 1380 g/mol. The van der Waals surface area contributed by atoms with Gasteiger partial charge < -0.3 is 58.6 Å². The SMILES string of the molecule is C.CC(OC(=O)N1CCN(Cc2ccc(Cl)cc2N2C3CCC2OC3)CC1)C(F)(F)F.Cc1ccc(CN2CCN(C(=O)OC(C)C(F)(F)F)CC2)c(N2CCC(C(=O)O)CC2)c1.Cc1ccc(CN2CCN(C(=O)OC(C)C(F)(F)F)CC2)c(N2CCC(C(=O)O)CC2)c1. The molecule has 7 saturated heterocycles. The zero-order chi connectivity index (χ0) is 68.4. The van der Waals surface area contributed by atoms with Crippen LogP contribution in [0.5, 0.6) is 0 Å². The maximum absolute atomic E-state index is 12.6. The van der Waals surface area contributed by atoms with Crippen molar-refractivity contribution in [2.75, 3.05) is 126 Å². The highest BCUT2D eigenvalue weighted by atomic mass is 35.5. The first-order chi connectivity index (χ1) is 44.3. The van der Waals surface area contributed by atoms with E-state index in [1.54, 1.807) is 0 Å². The first kappa shape index (κ1) is 75.7. The summed E-state index contributed by atoms with van der Waals surface area (Å²) in [6.07, 6.45) is -18.2. The Morgan fingerprint density at radius 2 is 0.811 bits per heavy atom. The molecule has 95 heavy (non-hydrogen) atoms. The topological polar surface area (TPSA) is 192 Å². The molecular weight excluding hydrogens is 1290 g/mol. The van der Waals surface area contributed by atoms with E-state index in [0.29, 0.717) is 161 Å². The smallest absolute Gasteiger partial charge is 0.425 e. The fourth-order valence-corrected chi connectivity index (χ4v) is 12.6. The van der Waals surface area contributed by atoms with Gasteiger partial charge in [-0.2, -0.15) is 39.5 Å². The minimum absolute atomic E-state index is 0. The van der Waals surface area contributed by atoms with Gasteiger partial charge in [0.15, 0.2) is 18.3 Å². The predicted octanol–water partition coefficient (Wildman–Crippen LogP) is 11.5. The standard InChI is InChI=1S/2C22H30F3N3O4.C20H25ClF3N3O3.CH4/c2*1-15-3-4-18(19(13-15)27-7-5-17(6-8-27)20(29)30)14-26-9-11-28(12-10-26)21(31)32-16(2)22(23,24)25;1-13(20(22,23)24)30-19(28)26-8-6-25(7-9-26)11-14-2-3-15(21)10-17(14)27-16-4-5-18(27)29-12-16;/h2*3-4,13,16-17H,5-12,14H2,1-2H3,(H,29,30);2-3,10,13,16,18H,4-9,11-12H2,1H3;1H4. The van der Waals surface area contributed by atoms with E-state index in [0.717, 1.165) is 85.1 Å². The average Bonchev–Trinajstić information content (AvgIpc) is 1.66. The first-order valence-electron chi connectivity index (χ1n) is 31.9. The van der Waals surface area contributed by atoms with Crippen molar-refractivity contribution >= 4 is 58.9 Å². The molecule has 0 radical (unpaired) electrons. The molecular formula is C65H89ClF9N9O11. The number of nitrogens with zero attached hydrogens (tertiary/aromatic N) is 9. The van der Waals surface area contributed by atoms with Gasteiger partial charge in [-0.15, -0.1) is 0 Å². The number of carboxylic acids is 2. The van der Waals surface area contributed by atoms with Gasteiger partial charge in [0.25, 0.3) is 0 Å². The van der Waals surface area contributed by atoms with E-state index in [1.807, 2.05) is 44.2 Å². The van der Waals surface area contributed by atoms with Crippen LogP contribution in [-0.4, -0.2) is 230 Å². The molecule has 7 fully saturated rings. The van der Waals surface area contributed by atoms with Crippen LogP contribution in [0.1, 0.15) is 94.5 Å². The molecule has 3 aromatic carbocycles. The Kier molecular flexibility index (Phi) is 26.3. The Bertz CT molecular complexity index is 2900. The number of alkyl halides is 9. The molecule has 0 spiro atoms. The quantitative estimate of drug-likeness (QED) is 0.114. The number of hydrogen-bond acceptors (Lipinski definition) is 15. The Labute approximate surface area is 553 Å². The molecule has 2 bridgehead atoms. The molecule has 3 amide bonds. The average molecular weight is 1380 g/mol. The minimum Gasteiger partial charge on any atom is -0.481 e. The van der Waals surface area contributed by atoms with Crippen LogP contribution in [0.3, 0.4) is 0 Å². The van der Waals surface area contributed by atoms with Crippen LogP contribution in [0.2, 0.25) is 5.02 Å². The van der Waals surface area contributed by atoms with Crippen LogP contribution in [0.15, 0.2) is 54.6 Å². The van der Waals surface area contributed by atoms with Crippen LogP contribution in [0.4, 0.5) is 71.0 Å². The predicted molar refractivity (Wildman–Crippen MR) is 337 cm³/mol. The van der Waals surface area contributed by atoms with E-state index < -0.39 is 67.1 Å². The van der Waals surface area contributed by atoms with Gasteiger partial charge in [-0.05, 0) is 125 Å². The fourth-order valence-electron chi connectivity index (χ4n) is 12.5. The van der Waals surface area contributed by atoms with Crippen molar-refractivity contribution < 1.29 is 92.6 Å². The Balaban J connectivity index is 0.000000200. The van der Waals surface area contributed by atoms with E-state index in [9.17, 15) is 73.7 Å². The molecule has 0 aromatic heterocycles. The van der Waals surface area contributed by atoms with Crippen molar-refractivity contribution in [3.63, 3.8) is 0 Å². The van der Waals surface area contributed by atoms with Crippen molar-refractivity contribution in [1.82, 2.24) is 29.4 Å². The molecule has 2 N–H and O–H groups in total. The molecule has 0 aliphatic carbocycles. The zero-order valence-electron chi connectivity index (χ0n) is 53.5. The van der Waals surface area contributed by atoms with Gasteiger partial charge in [-0.3, -0.25) is 24.3 Å². The second kappa shape index (κ2) is 33.0. The lowest BCUT2D eigenvalue weighted by Gasteiger charge is -2.37. The summed E-state index contributed by atoms with van der Waals surface area (Å²) in [5.74, 6) is -2.08.